The fourth-order valence-electron chi connectivity index (χ4n) is 1.93. The molecule has 3 rings (SSSR count). The van der Waals surface area contributed by atoms with Crippen LogP contribution in [-0.2, 0) is 0 Å². The number of furan rings is 1. The zero-order chi connectivity index (χ0) is 12.0. The Bertz CT molecular complexity index is 792. The van der Waals surface area contributed by atoms with E-state index in [-0.39, 0.29) is 5.76 Å². The first-order valence-corrected chi connectivity index (χ1v) is 5.10. The molecule has 3 aromatic rings. The molecule has 0 aliphatic rings. The van der Waals surface area contributed by atoms with Crippen molar-refractivity contribution < 1.29 is 13.6 Å². The third-order valence-electron chi connectivity index (χ3n) is 2.72. The van der Waals surface area contributed by atoms with Crippen LogP contribution in [0.3, 0.4) is 0 Å². The lowest BCUT2D eigenvalue weighted by molar-refractivity contribution is 0.110. The van der Waals surface area contributed by atoms with Crippen molar-refractivity contribution in [1.29, 1.82) is 0 Å². The van der Waals surface area contributed by atoms with Gasteiger partial charge in [-0.3, -0.25) is 4.79 Å². The van der Waals surface area contributed by atoms with Crippen LogP contribution in [-0.4, -0.2) is 6.29 Å². The number of carbonyl (C=O) groups is 1. The highest BCUT2D eigenvalue weighted by Crippen LogP contribution is 2.26. The van der Waals surface area contributed by atoms with Crippen molar-refractivity contribution >= 4 is 28.2 Å². The maximum Gasteiger partial charge on any atom is 0.336 e. The summed E-state index contributed by atoms with van der Waals surface area (Å²) in [6.07, 6.45) is 0.647. The Kier molecular flexibility index (Phi) is 1.92. The van der Waals surface area contributed by atoms with Gasteiger partial charge >= 0.3 is 5.63 Å². The lowest BCUT2D eigenvalue weighted by atomic mass is 10.1. The largest absolute Gasteiger partial charge is 0.453 e. The highest BCUT2D eigenvalue weighted by molar-refractivity contribution is 5.96. The monoisotopic (exact) mass is 228 g/mol. The standard InChI is InChI=1S/C13H8O4/c1-7-2-13(15)17-12-5-11-8(4-10(7)12)3-9(6-14)16-11/h2-6H,1H3. The van der Waals surface area contributed by atoms with Gasteiger partial charge in [0.1, 0.15) is 11.2 Å². The van der Waals surface area contributed by atoms with Crippen molar-refractivity contribution in [3.63, 3.8) is 0 Å². The molecule has 0 spiro atoms. The molecular formula is C13H8O4. The number of carbonyl (C=O) groups excluding carboxylic acids is 1. The van der Waals surface area contributed by atoms with Crippen LogP contribution in [0.15, 0.2) is 37.9 Å². The number of rotatable bonds is 1. The Balaban J connectivity index is 2.49. The van der Waals surface area contributed by atoms with Crippen molar-refractivity contribution in [3.8, 4) is 0 Å². The Labute approximate surface area is 95.4 Å². The summed E-state index contributed by atoms with van der Waals surface area (Å²) < 4.78 is 10.4. The average molecular weight is 228 g/mol. The molecule has 0 amide bonds. The molecule has 0 saturated carbocycles. The predicted molar refractivity (Wildman–Crippen MR) is 62.4 cm³/mol. The van der Waals surface area contributed by atoms with E-state index >= 15 is 0 Å². The molecule has 1 aromatic carbocycles. The van der Waals surface area contributed by atoms with Gasteiger partial charge in [0, 0.05) is 22.9 Å². The van der Waals surface area contributed by atoms with Crippen LogP contribution >= 0.6 is 0 Å². The van der Waals surface area contributed by atoms with E-state index in [1.54, 1.807) is 12.1 Å². The quantitative estimate of drug-likeness (QED) is 0.474. The van der Waals surface area contributed by atoms with Crippen LogP contribution < -0.4 is 5.63 Å². The van der Waals surface area contributed by atoms with Crippen LogP contribution in [0.2, 0.25) is 0 Å². The maximum absolute atomic E-state index is 11.2. The second kappa shape index (κ2) is 3.31. The molecule has 0 aliphatic carbocycles. The molecule has 4 nitrogen and oxygen atoms in total. The van der Waals surface area contributed by atoms with Gasteiger partial charge in [0.05, 0.1) is 0 Å². The van der Waals surface area contributed by atoms with E-state index in [0.717, 1.165) is 16.3 Å². The summed E-state index contributed by atoms with van der Waals surface area (Å²) in [6, 6.07) is 6.58. The number of aryl methyl sites for hydroxylation is 1. The van der Waals surface area contributed by atoms with Crippen LogP contribution in [0, 0.1) is 6.92 Å². The van der Waals surface area contributed by atoms with Gasteiger partial charge in [-0.2, -0.15) is 0 Å². The molecule has 0 bridgehead atoms. The summed E-state index contributed by atoms with van der Waals surface area (Å²) in [5.74, 6) is 0.260. The first kappa shape index (κ1) is 9.84. The topological polar surface area (TPSA) is 60.4 Å². The number of hydrogen-bond acceptors (Lipinski definition) is 4. The minimum absolute atomic E-state index is 0.260. The van der Waals surface area contributed by atoms with E-state index < -0.39 is 5.63 Å². The van der Waals surface area contributed by atoms with Gasteiger partial charge in [-0.15, -0.1) is 0 Å². The Morgan fingerprint density at radius 1 is 1.06 bits per heavy atom. The van der Waals surface area contributed by atoms with Crippen LogP contribution in [0.5, 0.6) is 0 Å². The molecule has 0 N–H and O–H groups in total. The number of aldehydes is 1. The predicted octanol–water partition coefficient (Wildman–Crippen LogP) is 2.66. The molecular weight excluding hydrogens is 220 g/mol. The molecule has 4 heteroatoms. The van der Waals surface area contributed by atoms with Gasteiger partial charge in [-0.25, -0.2) is 4.79 Å². The fourth-order valence-corrected chi connectivity index (χ4v) is 1.93. The van der Waals surface area contributed by atoms with Crippen LogP contribution in [0.4, 0.5) is 0 Å². The fraction of sp³-hybridized carbons (Fsp3) is 0.0769. The third kappa shape index (κ3) is 1.45. The van der Waals surface area contributed by atoms with Gasteiger partial charge < -0.3 is 8.83 Å². The number of benzene rings is 1. The highest BCUT2D eigenvalue weighted by Gasteiger charge is 2.08. The summed E-state index contributed by atoms with van der Waals surface area (Å²) in [5, 5.41) is 1.66. The highest BCUT2D eigenvalue weighted by atomic mass is 16.4. The molecule has 84 valence electrons. The van der Waals surface area contributed by atoms with Gasteiger partial charge in [-0.1, -0.05) is 0 Å². The third-order valence-corrected chi connectivity index (χ3v) is 2.72. The average Bonchev–Trinajstić information content (AvgIpc) is 2.68. The minimum atomic E-state index is -0.392. The molecule has 0 radical (unpaired) electrons. The van der Waals surface area contributed by atoms with E-state index in [9.17, 15) is 9.59 Å². The van der Waals surface area contributed by atoms with Crippen molar-refractivity contribution in [1.82, 2.24) is 0 Å². The molecule has 0 atom stereocenters. The second-order valence-corrected chi connectivity index (χ2v) is 3.90. The van der Waals surface area contributed by atoms with Crippen molar-refractivity contribution in [2.45, 2.75) is 6.92 Å². The molecule has 0 unspecified atom stereocenters. The van der Waals surface area contributed by atoms with Crippen molar-refractivity contribution in [2.24, 2.45) is 0 Å². The molecule has 0 saturated heterocycles. The normalized spacial score (nSPS) is 11.1. The molecule has 2 aromatic heterocycles. The van der Waals surface area contributed by atoms with Crippen molar-refractivity contribution in [3.05, 3.63) is 46.0 Å². The van der Waals surface area contributed by atoms with E-state index in [2.05, 4.69) is 0 Å². The van der Waals surface area contributed by atoms with Crippen LogP contribution in [0.1, 0.15) is 16.1 Å². The molecule has 0 fully saturated rings. The Hall–Kier alpha value is -2.36. The number of fused-ring (bicyclic) bond motifs is 2. The molecule has 2 heterocycles. The second-order valence-electron chi connectivity index (χ2n) is 3.90. The van der Waals surface area contributed by atoms with Gasteiger partial charge in [-0.05, 0) is 24.6 Å². The van der Waals surface area contributed by atoms with Crippen molar-refractivity contribution in [2.75, 3.05) is 0 Å². The zero-order valence-corrected chi connectivity index (χ0v) is 9.02. The van der Waals surface area contributed by atoms with E-state index in [4.69, 9.17) is 8.83 Å². The van der Waals surface area contributed by atoms with Gasteiger partial charge in [0.15, 0.2) is 12.0 Å². The van der Waals surface area contributed by atoms with E-state index in [1.807, 2.05) is 13.0 Å². The first-order valence-electron chi connectivity index (χ1n) is 5.10. The summed E-state index contributed by atoms with van der Waals surface area (Å²) in [5.41, 5.74) is 1.45. The summed E-state index contributed by atoms with van der Waals surface area (Å²) in [6.45, 7) is 1.84. The lowest BCUT2D eigenvalue weighted by Gasteiger charge is -1.99. The Morgan fingerprint density at radius 3 is 2.65 bits per heavy atom. The minimum Gasteiger partial charge on any atom is -0.453 e. The van der Waals surface area contributed by atoms with Crippen LogP contribution in [0.25, 0.3) is 21.9 Å². The molecule has 17 heavy (non-hydrogen) atoms. The smallest absolute Gasteiger partial charge is 0.336 e. The maximum atomic E-state index is 11.2. The summed E-state index contributed by atoms with van der Waals surface area (Å²) in [7, 11) is 0. The Morgan fingerprint density at radius 2 is 1.88 bits per heavy atom. The first-order chi connectivity index (χ1) is 8.17. The van der Waals surface area contributed by atoms with Gasteiger partial charge in [0.2, 0.25) is 0 Å². The number of hydrogen-bond donors (Lipinski definition) is 0. The van der Waals surface area contributed by atoms with E-state index in [0.29, 0.717) is 17.5 Å². The SMILES string of the molecule is Cc1cc(=O)oc2cc3oc(C=O)cc3cc12. The van der Waals surface area contributed by atoms with Gasteiger partial charge in [0.25, 0.3) is 0 Å². The van der Waals surface area contributed by atoms with E-state index in [1.165, 1.54) is 6.07 Å². The molecule has 0 aliphatic heterocycles. The summed E-state index contributed by atoms with van der Waals surface area (Å²) in [4.78, 5) is 21.9. The summed E-state index contributed by atoms with van der Waals surface area (Å²) >= 11 is 0. The zero-order valence-electron chi connectivity index (χ0n) is 9.02. The lowest BCUT2D eigenvalue weighted by Crippen LogP contribution is -1.97.